The van der Waals surface area contributed by atoms with E-state index in [2.05, 4.69) is 15.5 Å². The van der Waals surface area contributed by atoms with Crippen LogP contribution in [0.4, 0.5) is 24.7 Å². The van der Waals surface area contributed by atoms with Gasteiger partial charge in [0.05, 0.1) is 10.6 Å². The molecule has 2 N–H and O–H groups in total. The number of nitrogens with one attached hydrogen (secondary N) is 2. The first-order chi connectivity index (χ1) is 8.86. The van der Waals surface area contributed by atoms with Crippen LogP contribution in [0, 0.1) is 0 Å². The summed E-state index contributed by atoms with van der Waals surface area (Å²) in [6, 6.07) is 5.94. The first-order valence-electron chi connectivity index (χ1n) is 5.06. The van der Waals surface area contributed by atoms with Gasteiger partial charge in [-0.15, -0.1) is 0 Å². The summed E-state index contributed by atoms with van der Waals surface area (Å²) >= 11 is 5.49. The highest BCUT2D eigenvalue weighted by atomic mass is 35.5. The van der Waals surface area contributed by atoms with Crippen molar-refractivity contribution in [1.82, 2.24) is 10.2 Å². The molecule has 0 bridgehead atoms. The zero-order chi connectivity index (χ0) is 14.0. The maximum absolute atomic E-state index is 12.6. The van der Waals surface area contributed by atoms with E-state index in [0.717, 1.165) is 12.1 Å². The lowest BCUT2D eigenvalue weighted by molar-refractivity contribution is -0.137. The number of benzene rings is 1. The van der Waals surface area contributed by atoms with Crippen molar-refractivity contribution < 1.29 is 13.2 Å². The smallest absolute Gasteiger partial charge is 0.339 e. The van der Waals surface area contributed by atoms with Gasteiger partial charge in [0, 0.05) is 11.8 Å². The van der Waals surface area contributed by atoms with E-state index in [9.17, 15) is 18.0 Å². The van der Waals surface area contributed by atoms with Crippen molar-refractivity contribution >= 4 is 23.1 Å². The molecule has 0 aliphatic heterocycles. The lowest BCUT2D eigenvalue weighted by atomic mass is 10.2. The third kappa shape index (κ3) is 3.25. The Morgan fingerprint density at radius 3 is 2.53 bits per heavy atom. The fraction of sp³-hybridized carbons (Fsp3) is 0.0909. The van der Waals surface area contributed by atoms with Gasteiger partial charge in [-0.2, -0.15) is 18.3 Å². The second kappa shape index (κ2) is 4.93. The fourth-order valence-corrected chi connectivity index (χ4v) is 1.61. The van der Waals surface area contributed by atoms with Crippen molar-refractivity contribution in [1.29, 1.82) is 0 Å². The molecule has 0 fully saturated rings. The number of hydrogen-bond donors (Lipinski definition) is 2. The Labute approximate surface area is 110 Å². The zero-order valence-electron chi connectivity index (χ0n) is 9.25. The normalized spacial score (nSPS) is 11.4. The number of aromatic nitrogens is 2. The number of hydrogen-bond acceptors (Lipinski definition) is 3. The average Bonchev–Trinajstić information content (AvgIpc) is 2.33. The Hall–Kier alpha value is -2.02. The summed E-state index contributed by atoms with van der Waals surface area (Å²) in [7, 11) is 0. The number of halogens is 4. The Balaban J connectivity index is 2.31. The number of aromatic amines is 1. The molecule has 1 heterocycles. The minimum Gasteiger partial charge on any atom is -0.339 e. The van der Waals surface area contributed by atoms with Crippen LogP contribution >= 0.6 is 11.6 Å². The molecule has 19 heavy (non-hydrogen) atoms. The summed E-state index contributed by atoms with van der Waals surface area (Å²) in [6.45, 7) is 0. The highest BCUT2D eigenvalue weighted by Crippen LogP contribution is 2.36. The summed E-state index contributed by atoms with van der Waals surface area (Å²) < 4.78 is 37.9. The van der Waals surface area contributed by atoms with Crippen LogP contribution in [0.15, 0.2) is 35.1 Å². The number of alkyl halides is 3. The van der Waals surface area contributed by atoms with Crippen molar-refractivity contribution in [2.24, 2.45) is 0 Å². The van der Waals surface area contributed by atoms with E-state index in [1.165, 1.54) is 18.2 Å². The van der Waals surface area contributed by atoms with Gasteiger partial charge >= 0.3 is 6.18 Å². The predicted molar refractivity (Wildman–Crippen MR) is 64.6 cm³/mol. The molecule has 0 amide bonds. The van der Waals surface area contributed by atoms with Gasteiger partial charge in [0.25, 0.3) is 5.56 Å². The first-order valence-corrected chi connectivity index (χ1v) is 5.43. The highest BCUT2D eigenvalue weighted by molar-refractivity contribution is 6.31. The van der Waals surface area contributed by atoms with E-state index in [1.54, 1.807) is 0 Å². The van der Waals surface area contributed by atoms with E-state index in [4.69, 9.17) is 11.6 Å². The van der Waals surface area contributed by atoms with E-state index in [0.29, 0.717) is 0 Å². The Morgan fingerprint density at radius 2 is 1.95 bits per heavy atom. The van der Waals surface area contributed by atoms with Crippen LogP contribution in [0.25, 0.3) is 0 Å². The average molecular weight is 290 g/mol. The maximum atomic E-state index is 12.6. The summed E-state index contributed by atoms with van der Waals surface area (Å²) in [5.74, 6) is 0.218. The molecule has 0 aliphatic rings. The standard InChI is InChI=1S/C11H7ClF3N3O/c12-8-2-1-6(5-7(8)11(13,14)15)16-9-3-4-10(19)18-17-9/h1-5H,(H,16,17)(H,18,19). The molecule has 0 saturated carbocycles. The van der Waals surface area contributed by atoms with Gasteiger partial charge in [-0.3, -0.25) is 4.79 Å². The Bertz CT molecular complexity index is 634. The van der Waals surface area contributed by atoms with Crippen LogP contribution in [0.1, 0.15) is 5.56 Å². The maximum Gasteiger partial charge on any atom is 0.417 e. The van der Waals surface area contributed by atoms with Crippen LogP contribution in [-0.2, 0) is 6.18 Å². The highest BCUT2D eigenvalue weighted by Gasteiger charge is 2.33. The van der Waals surface area contributed by atoms with Crippen molar-refractivity contribution in [3.63, 3.8) is 0 Å². The van der Waals surface area contributed by atoms with Gasteiger partial charge in [0.1, 0.15) is 0 Å². The molecule has 2 rings (SSSR count). The molecule has 0 unspecified atom stereocenters. The van der Waals surface area contributed by atoms with E-state index in [-0.39, 0.29) is 16.5 Å². The molecule has 1 aromatic heterocycles. The lowest BCUT2D eigenvalue weighted by Crippen LogP contribution is -2.08. The number of rotatable bonds is 2. The molecule has 0 spiro atoms. The van der Waals surface area contributed by atoms with Crippen molar-refractivity contribution in [3.05, 3.63) is 51.3 Å². The lowest BCUT2D eigenvalue weighted by Gasteiger charge is -2.11. The fourth-order valence-electron chi connectivity index (χ4n) is 1.38. The molecule has 0 saturated heterocycles. The van der Waals surface area contributed by atoms with Crippen LogP contribution in [0.2, 0.25) is 5.02 Å². The molecule has 100 valence electrons. The van der Waals surface area contributed by atoms with E-state index >= 15 is 0 Å². The van der Waals surface area contributed by atoms with Crippen molar-refractivity contribution in [3.8, 4) is 0 Å². The zero-order valence-corrected chi connectivity index (χ0v) is 10.0. The minimum absolute atomic E-state index is 0.163. The number of nitrogens with zero attached hydrogens (tertiary/aromatic N) is 1. The molecule has 4 nitrogen and oxygen atoms in total. The number of anilines is 2. The van der Waals surface area contributed by atoms with Crippen LogP contribution < -0.4 is 10.9 Å². The molecule has 0 aliphatic carbocycles. The van der Waals surface area contributed by atoms with E-state index in [1.807, 2.05) is 0 Å². The molecule has 8 heteroatoms. The quantitative estimate of drug-likeness (QED) is 0.892. The Kier molecular flexibility index (Phi) is 3.48. The molecule has 0 radical (unpaired) electrons. The molecule has 2 aromatic rings. The monoisotopic (exact) mass is 289 g/mol. The number of H-pyrrole nitrogens is 1. The first kappa shape index (κ1) is 13.4. The van der Waals surface area contributed by atoms with Crippen LogP contribution in [0.5, 0.6) is 0 Å². The van der Waals surface area contributed by atoms with Gasteiger partial charge in [-0.1, -0.05) is 11.6 Å². The second-order valence-electron chi connectivity index (χ2n) is 3.62. The van der Waals surface area contributed by atoms with Gasteiger partial charge in [0.15, 0.2) is 5.82 Å². The summed E-state index contributed by atoms with van der Waals surface area (Å²) in [5, 5.41) is 8.03. The van der Waals surface area contributed by atoms with Crippen LogP contribution in [0.3, 0.4) is 0 Å². The third-order valence-electron chi connectivity index (χ3n) is 2.22. The molecular weight excluding hydrogens is 283 g/mol. The molecule has 0 atom stereocenters. The van der Waals surface area contributed by atoms with Crippen molar-refractivity contribution in [2.75, 3.05) is 5.32 Å². The SMILES string of the molecule is O=c1ccc(Nc2ccc(Cl)c(C(F)(F)F)c2)n[nH]1. The van der Waals surface area contributed by atoms with Gasteiger partial charge in [-0.25, -0.2) is 5.10 Å². The molecular formula is C11H7ClF3N3O. The molecule has 1 aromatic carbocycles. The minimum atomic E-state index is -4.53. The third-order valence-corrected chi connectivity index (χ3v) is 2.55. The second-order valence-corrected chi connectivity index (χ2v) is 4.03. The summed E-state index contributed by atoms with van der Waals surface area (Å²) in [4.78, 5) is 10.8. The Morgan fingerprint density at radius 1 is 1.21 bits per heavy atom. The van der Waals surface area contributed by atoms with Gasteiger partial charge in [0.2, 0.25) is 0 Å². The van der Waals surface area contributed by atoms with Crippen molar-refractivity contribution in [2.45, 2.75) is 6.18 Å². The van der Waals surface area contributed by atoms with Gasteiger partial charge in [-0.05, 0) is 24.3 Å². The predicted octanol–water partition coefficient (Wildman–Crippen LogP) is 3.19. The van der Waals surface area contributed by atoms with Gasteiger partial charge < -0.3 is 5.32 Å². The van der Waals surface area contributed by atoms with Crippen LogP contribution in [-0.4, -0.2) is 10.2 Å². The summed E-state index contributed by atoms with van der Waals surface area (Å²) in [6.07, 6.45) is -4.53. The largest absolute Gasteiger partial charge is 0.417 e. The van der Waals surface area contributed by atoms with E-state index < -0.39 is 17.3 Å². The summed E-state index contributed by atoms with van der Waals surface area (Å²) in [5.41, 5.74) is -1.18. The topological polar surface area (TPSA) is 57.8 Å².